The lowest BCUT2D eigenvalue weighted by Gasteiger charge is -2.25. The van der Waals surface area contributed by atoms with E-state index in [1.807, 2.05) is 0 Å². The topological polar surface area (TPSA) is 128 Å². The number of rotatable bonds is 10. The van der Waals surface area contributed by atoms with E-state index in [0.29, 0.717) is 50.9 Å². The summed E-state index contributed by atoms with van der Waals surface area (Å²) < 4.78 is 16.4. The van der Waals surface area contributed by atoms with E-state index in [1.165, 1.54) is 30.5 Å². The minimum atomic E-state index is -1.06. The number of aromatic nitrogens is 2. The van der Waals surface area contributed by atoms with Gasteiger partial charge in [-0.15, -0.1) is 11.3 Å². The molecule has 1 unspecified atom stereocenters. The van der Waals surface area contributed by atoms with Crippen LogP contribution >= 0.6 is 22.7 Å². The molecule has 0 bridgehead atoms. The van der Waals surface area contributed by atoms with Crippen molar-refractivity contribution in [2.45, 2.75) is 47.1 Å². The van der Waals surface area contributed by atoms with Crippen LogP contribution in [0.15, 0.2) is 29.5 Å². The number of Topliss-reactive ketones (excluding diaryl/α,β-unsaturated/α-hetero) is 1. The molecule has 1 aliphatic rings. The molecular weight excluding hydrogens is 554 g/mol. The zero-order valence-electron chi connectivity index (χ0n) is 23.4. The van der Waals surface area contributed by atoms with Gasteiger partial charge >= 0.3 is 5.97 Å². The number of aliphatic hydroxyl groups excluding tert-OH is 1. The molecule has 4 rings (SSSR count). The summed E-state index contributed by atoms with van der Waals surface area (Å²) in [7, 11) is 2.76. The van der Waals surface area contributed by atoms with Crippen LogP contribution in [0, 0.1) is 26.7 Å². The Hall–Kier alpha value is -3.77. The SMILES string of the molecule is COC(=O)c1sc(N2C(=O)C(O)=C(C(=O)c3sc(C)nc3C)C2c2ccc(OCCC(C)C)c(OC)c2)nc1C. The van der Waals surface area contributed by atoms with E-state index in [-0.39, 0.29) is 15.6 Å². The Morgan fingerprint density at radius 2 is 1.75 bits per heavy atom. The maximum absolute atomic E-state index is 13.9. The van der Waals surface area contributed by atoms with Gasteiger partial charge in [-0.2, -0.15) is 0 Å². The normalized spacial score (nSPS) is 15.2. The van der Waals surface area contributed by atoms with Crippen LogP contribution in [-0.2, 0) is 9.53 Å². The molecule has 1 aromatic carbocycles. The summed E-state index contributed by atoms with van der Waals surface area (Å²) >= 11 is 2.13. The number of ketones is 1. The summed E-state index contributed by atoms with van der Waals surface area (Å²) in [5.74, 6) is -1.24. The molecule has 0 saturated carbocycles. The fraction of sp³-hybridized carbons (Fsp3) is 0.393. The van der Waals surface area contributed by atoms with Crippen molar-refractivity contribution in [2.24, 2.45) is 5.92 Å². The quantitative estimate of drug-likeness (QED) is 0.241. The molecule has 1 amide bonds. The Bertz CT molecular complexity index is 1510. The number of benzene rings is 1. The molecule has 0 spiro atoms. The fourth-order valence-corrected chi connectivity index (χ4v) is 6.25. The minimum absolute atomic E-state index is 0.111. The van der Waals surface area contributed by atoms with Crippen LogP contribution in [0.4, 0.5) is 5.13 Å². The molecule has 0 fully saturated rings. The third-order valence-electron chi connectivity index (χ3n) is 6.38. The van der Waals surface area contributed by atoms with Crippen LogP contribution in [0.5, 0.6) is 11.5 Å². The van der Waals surface area contributed by atoms with Gasteiger partial charge in [0, 0.05) is 0 Å². The summed E-state index contributed by atoms with van der Waals surface area (Å²) in [5, 5.41) is 11.9. The van der Waals surface area contributed by atoms with Crippen molar-refractivity contribution in [3.05, 3.63) is 61.2 Å². The van der Waals surface area contributed by atoms with Crippen LogP contribution in [0.1, 0.15) is 67.6 Å². The average molecular weight is 586 g/mol. The van der Waals surface area contributed by atoms with Gasteiger partial charge in [0.05, 0.1) is 53.7 Å². The van der Waals surface area contributed by atoms with Crippen LogP contribution in [0.3, 0.4) is 0 Å². The molecule has 212 valence electrons. The number of aliphatic hydroxyl groups is 1. The average Bonchev–Trinajstić information content (AvgIpc) is 3.55. The molecule has 0 aliphatic carbocycles. The molecule has 1 atom stereocenters. The van der Waals surface area contributed by atoms with Gasteiger partial charge in [0.25, 0.3) is 5.91 Å². The molecule has 1 aliphatic heterocycles. The lowest BCUT2D eigenvalue weighted by atomic mass is 9.95. The van der Waals surface area contributed by atoms with Crippen LogP contribution in [0.2, 0.25) is 0 Å². The first-order chi connectivity index (χ1) is 19.0. The first-order valence-electron chi connectivity index (χ1n) is 12.6. The molecule has 0 saturated heterocycles. The van der Waals surface area contributed by atoms with E-state index in [1.54, 1.807) is 39.0 Å². The predicted octanol–water partition coefficient (Wildman–Crippen LogP) is 5.53. The van der Waals surface area contributed by atoms with Crippen LogP contribution < -0.4 is 14.4 Å². The monoisotopic (exact) mass is 585 g/mol. The summed E-state index contributed by atoms with van der Waals surface area (Å²) in [6.45, 7) is 9.80. The molecule has 10 nitrogen and oxygen atoms in total. The third kappa shape index (κ3) is 5.46. The van der Waals surface area contributed by atoms with Gasteiger partial charge < -0.3 is 19.3 Å². The summed E-state index contributed by atoms with van der Waals surface area (Å²) in [5.41, 5.74) is 1.24. The van der Waals surface area contributed by atoms with Crippen molar-refractivity contribution >= 4 is 45.5 Å². The van der Waals surface area contributed by atoms with Gasteiger partial charge in [0.2, 0.25) is 5.78 Å². The van der Waals surface area contributed by atoms with Crippen molar-refractivity contribution < 1.29 is 33.7 Å². The second-order valence-corrected chi connectivity index (χ2v) is 11.8. The number of carbonyl (C=O) groups excluding carboxylic acids is 3. The number of hydrogen-bond donors (Lipinski definition) is 1. The van der Waals surface area contributed by atoms with E-state index in [4.69, 9.17) is 14.2 Å². The molecule has 3 aromatic rings. The van der Waals surface area contributed by atoms with Crippen molar-refractivity contribution in [1.82, 2.24) is 9.97 Å². The number of ether oxygens (including phenoxy) is 3. The van der Waals surface area contributed by atoms with Crippen LogP contribution in [0.25, 0.3) is 0 Å². The smallest absolute Gasteiger partial charge is 0.350 e. The zero-order valence-corrected chi connectivity index (χ0v) is 25.0. The zero-order chi connectivity index (χ0) is 29.3. The first kappa shape index (κ1) is 29.2. The van der Waals surface area contributed by atoms with Gasteiger partial charge in [-0.3, -0.25) is 14.5 Å². The highest BCUT2D eigenvalue weighted by molar-refractivity contribution is 7.17. The third-order valence-corrected chi connectivity index (χ3v) is 8.59. The summed E-state index contributed by atoms with van der Waals surface area (Å²) in [6.07, 6.45) is 0.852. The molecular formula is C28H31N3O7S2. The Labute approximate surface area is 240 Å². The second-order valence-electron chi connectivity index (χ2n) is 9.66. The Morgan fingerprint density at radius 1 is 1.05 bits per heavy atom. The molecule has 40 heavy (non-hydrogen) atoms. The lowest BCUT2D eigenvalue weighted by molar-refractivity contribution is -0.117. The minimum Gasteiger partial charge on any atom is -0.503 e. The number of nitrogens with zero attached hydrogens (tertiary/aromatic N) is 3. The first-order valence-corrected chi connectivity index (χ1v) is 14.2. The van der Waals surface area contributed by atoms with Crippen molar-refractivity contribution in [1.29, 1.82) is 0 Å². The Balaban J connectivity index is 1.85. The highest BCUT2D eigenvalue weighted by atomic mass is 32.1. The van der Waals surface area contributed by atoms with E-state index in [2.05, 4.69) is 23.8 Å². The van der Waals surface area contributed by atoms with E-state index in [0.717, 1.165) is 17.8 Å². The fourth-order valence-electron chi connectivity index (χ4n) is 4.36. The number of hydrogen-bond acceptors (Lipinski definition) is 11. The Morgan fingerprint density at radius 3 is 2.35 bits per heavy atom. The van der Waals surface area contributed by atoms with Gasteiger partial charge in [-0.1, -0.05) is 31.3 Å². The predicted molar refractivity (Wildman–Crippen MR) is 152 cm³/mol. The maximum atomic E-state index is 13.9. The summed E-state index contributed by atoms with van der Waals surface area (Å²) in [6, 6.07) is 4.05. The largest absolute Gasteiger partial charge is 0.503 e. The molecule has 1 N–H and O–H groups in total. The molecule has 2 aromatic heterocycles. The number of amides is 1. The number of methoxy groups -OCH3 is 2. The number of anilines is 1. The molecule has 12 heteroatoms. The highest BCUT2D eigenvalue weighted by Crippen LogP contribution is 2.46. The lowest BCUT2D eigenvalue weighted by Crippen LogP contribution is -2.31. The van der Waals surface area contributed by atoms with Crippen molar-refractivity contribution in [3.8, 4) is 11.5 Å². The van der Waals surface area contributed by atoms with Gasteiger partial charge in [-0.05, 0) is 50.8 Å². The highest BCUT2D eigenvalue weighted by Gasteiger charge is 2.47. The number of esters is 1. The van der Waals surface area contributed by atoms with Gasteiger partial charge in [0.15, 0.2) is 22.4 Å². The van der Waals surface area contributed by atoms with E-state index >= 15 is 0 Å². The van der Waals surface area contributed by atoms with Gasteiger partial charge in [-0.25, -0.2) is 14.8 Å². The van der Waals surface area contributed by atoms with Gasteiger partial charge in [0.1, 0.15) is 4.88 Å². The molecule has 3 heterocycles. The van der Waals surface area contributed by atoms with E-state index in [9.17, 15) is 19.5 Å². The summed E-state index contributed by atoms with van der Waals surface area (Å²) in [4.78, 5) is 50.3. The Kier molecular flexibility index (Phi) is 8.59. The molecule has 0 radical (unpaired) electrons. The van der Waals surface area contributed by atoms with Crippen LogP contribution in [-0.4, -0.2) is 53.6 Å². The van der Waals surface area contributed by atoms with Crippen molar-refractivity contribution in [2.75, 3.05) is 25.7 Å². The standard InChI is InChI=1S/C28H31N3O7S2/c1-13(2)10-11-38-18-9-8-17(12-19(18)36-6)21-20(22(32)24-14(3)29-16(5)39-24)23(33)26(34)31(21)28-30-15(4)25(40-28)27(35)37-7/h8-9,12-13,21,33H,10-11H2,1-7H3. The van der Waals surface area contributed by atoms with Crippen molar-refractivity contribution in [3.63, 3.8) is 0 Å². The number of carbonyl (C=O) groups is 3. The number of aryl methyl sites for hydroxylation is 3. The second kappa shape index (κ2) is 11.8. The van der Waals surface area contributed by atoms with E-state index < -0.39 is 29.5 Å². The number of thiazole rings is 2. The maximum Gasteiger partial charge on any atom is 0.350 e.